The van der Waals surface area contributed by atoms with Crippen LogP contribution in [0.25, 0.3) is 0 Å². The van der Waals surface area contributed by atoms with Crippen molar-refractivity contribution in [3.8, 4) is 0 Å². The van der Waals surface area contributed by atoms with Gasteiger partial charge in [-0.1, -0.05) is 13.0 Å². The van der Waals surface area contributed by atoms with E-state index in [0.717, 1.165) is 25.6 Å². The highest BCUT2D eigenvalue weighted by atomic mass is 79.9. The molecule has 0 spiro atoms. The molecule has 20 heavy (non-hydrogen) atoms. The molecule has 3 nitrogen and oxygen atoms in total. The van der Waals surface area contributed by atoms with Crippen molar-refractivity contribution in [2.45, 2.75) is 19.9 Å². The molecule has 1 N–H and O–H groups in total. The third kappa shape index (κ3) is 4.21. The largest absolute Gasteiger partial charge is 0.373 e. The average Bonchev–Trinajstić information content (AvgIpc) is 2.81. The van der Waals surface area contributed by atoms with Crippen LogP contribution in [0.3, 0.4) is 0 Å². The number of anilines is 1. The Morgan fingerprint density at radius 1 is 1.45 bits per heavy atom. The molecule has 2 rings (SSSR count). The van der Waals surface area contributed by atoms with Crippen molar-refractivity contribution in [2.75, 3.05) is 45.2 Å². The molecule has 1 aromatic rings. The molecule has 1 aliphatic heterocycles. The predicted octanol–water partition coefficient (Wildman–Crippen LogP) is 2.95. The van der Waals surface area contributed by atoms with Crippen LogP contribution >= 0.6 is 15.9 Å². The molecule has 4 heteroatoms. The minimum absolute atomic E-state index is 0.790. The SMILES string of the molecule is CCNCc1ccc(N(C)CC2CCN(C)C2)c(Br)c1. The normalized spacial score (nSPS) is 19.5. The first-order valence-corrected chi connectivity index (χ1v) is 8.28. The smallest absolute Gasteiger partial charge is 0.0508 e. The molecular formula is C16H26BrN3. The molecule has 1 heterocycles. The van der Waals surface area contributed by atoms with Gasteiger partial charge in [-0.2, -0.15) is 0 Å². The second kappa shape index (κ2) is 7.43. The summed E-state index contributed by atoms with van der Waals surface area (Å²) >= 11 is 3.72. The second-order valence-corrected chi connectivity index (χ2v) is 6.72. The van der Waals surface area contributed by atoms with Gasteiger partial charge in [0.25, 0.3) is 0 Å². The van der Waals surface area contributed by atoms with Gasteiger partial charge in [0.2, 0.25) is 0 Å². The van der Waals surface area contributed by atoms with Crippen molar-refractivity contribution in [1.82, 2.24) is 10.2 Å². The lowest BCUT2D eigenvalue weighted by Gasteiger charge is -2.24. The number of halogens is 1. The van der Waals surface area contributed by atoms with E-state index < -0.39 is 0 Å². The van der Waals surface area contributed by atoms with Crippen molar-refractivity contribution in [1.29, 1.82) is 0 Å². The van der Waals surface area contributed by atoms with Crippen LogP contribution in [0, 0.1) is 5.92 Å². The zero-order valence-electron chi connectivity index (χ0n) is 12.8. The standard InChI is InChI=1S/C16H26BrN3/c1-4-18-10-13-5-6-16(15(17)9-13)20(3)12-14-7-8-19(2)11-14/h5-6,9,14,18H,4,7-8,10-12H2,1-3H3. The van der Waals surface area contributed by atoms with Crippen molar-refractivity contribution >= 4 is 21.6 Å². The topological polar surface area (TPSA) is 18.5 Å². The van der Waals surface area contributed by atoms with E-state index in [4.69, 9.17) is 0 Å². The summed E-state index contributed by atoms with van der Waals surface area (Å²) in [5.41, 5.74) is 2.62. The van der Waals surface area contributed by atoms with Gasteiger partial charge in [0.05, 0.1) is 5.69 Å². The van der Waals surface area contributed by atoms with Crippen LogP contribution < -0.4 is 10.2 Å². The predicted molar refractivity (Wildman–Crippen MR) is 90.4 cm³/mol. The minimum Gasteiger partial charge on any atom is -0.373 e. The second-order valence-electron chi connectivity index (χ2n) is 5.86. The van der Waals surface area contributed by atoms with Gasteiger partial charge in [0, 0.05) is 31.2 Å². The summed E-state index contributed by atoms with van der Waals surface area (Å²) in [6.07, 6.45) is 1.32. The molecule has 1 saturated heterocycles. The van der Waals surface area contributed by atoms with Crippen LogP contribution in [0.1, 0.15) is 18.9 Å². The van der Waals surface area contributed by atoms with E-state index in [-0.39, 0.29) is 0 Å². The van der Waals surface area contributed by atoms with Crippen molar-refractivity contribution in [3.05, 3.63) is 28.2 Å². The van der Waals surface area contributed by atoms with Gasteiger partial charge >= 0.3 is 0 Å². The molecule has 1 unspecified atom stereocenters. The van der Waals surface area contributed by atoms with Gasteiger partial charge in [-0.15, -0.1) is 0 Å². The monoisotopic (exact) mass is 339 g/mol. The first-order valence-electron chi connectivity index (χ1n) is 7.49. The fraction of sp³-hybridized carbons (Fsp3) is 0.625. The number of benzene rings is 1. The number of nitrogens with zero attached hydrogens (tertiary/aromatic N) is 2. The molecule has 0 radical (unpaired) electrons. The Labute approximate surface area is 131 Å². The molecular weight excluding hydrogens is 314 g/mol. The Balaban J connectivity index is 1.97. The van der Waals surface area contributed by atoms with E-state index in [1.165, 1.54) is 35.2 Å². The van der Waals surface area contributed by atoms with Crippen molar-refractivity contribution in [2.24, 2.45) is 5.92 Å². The molecule has 0 saturated carbocycles. The zero-order chi connectivity index (χ0) is 14.5. The van der Waals surface area contributed by atoms with Gasteiger partial charge in [-0.05, 0) is 66.1 Å². The lowest BCUT2D eigenvalue weighted by molar-refractivity contribution is 0.396. The highest BCUT2D eigenvalue weighted by molar-refractivity contribution is 9.10. The molecule has 0 aromatic heterocycles. The summed E-state index contributed by atoms with van der Waals surface area (Å²) in [7, 11) is 4.41. The zero-order valence-corrected chi connectivity index (χ0v) is 14.4. The molecule has 1 aliphatic rings. The van der Waals surface area contributed by atoms with Crippen LogP contribution in [0.15, 0.2) is 22.7 Å². The van der Waals surface area contributed by atoms with Crippen LogP contribution in [0.5, 0.6) is 0 Å². The molecule has 0 aliphatic carbocycles. The number of rotatable bonds is 6. The Bertz CT molecular complexity index is 436. The van der Waals surface area contributed by atoms with Crippen LogP contribution in [-0.2, 0) is 6.54 Å². The molecule has 1 atom stereocenters. The highest BCUT2D eigenvalue weighted by Crippen LogP contribution is 2.28. The Kier molecular flexibility index (Phi) is 5.87. The molecule has 0 bridgehead atoms. The first-order chi connectivity index (χ1) is 9.60. The third-order valence-electron chi connectivity index (χ3n) is 4.02. The van der Waals surface area contributed by atoms with Crippen LogP contribution in [0.4, 0.5) is 5.69 Å². The molecule has 112 valence electrons. The quantitative estimate of drug-likeness (QED) is 0.859. The summed E-state index contributed by atoms with van der Waals surface area (Å²) in [6, 6.07) is 6.69. The number of nitrogens with one attached hydrogen (secondary N) is 1. The Morgan fingerprint density at radius 2 is 2.25 bits per heavy atom. The summed E-state index contributed by atoms with van der Waals surface area (Å²) in [5.74, 6) is 0.790. The number of likely N-dealkylation sites (tertiary alicyclic amines) is 1. The highest BCUT2D eigenvalue weighted by Gasteiger charge is 2.21. The number of hydrogen-bond acceptors (Lipinski definition) is 3. The van der Waals surface area contributed by atoms with E-state index in [0.29, 0.717) is 0 Å². The summed E-state index contributed by atoms with van der Waals surface area (Å²) in [5, 5.41) is 3.36. The van der Waals surface area contributed by atoms with E-state index in [9.17, 15) is 0 Å². The summed E-state index contributed by atoms with van der Waals surface area (Å²) < 4.78 is 1.20. The maximum Gasteiger partial charge on any atom is 0.0508 e. The Hall–Kier alpha value is -0.580. The maximum absolute atomic E-state index is 3.72. The van der Waals surface area contributed by atoms with E-state index in [2.05, 4.69) is 70.3 Å². The van der Waals surface area contributed by atoms with E-state index in [1.807, 2.05) is 0 Å². The van der Waals surface area contributed by atoms with Crippen LogP contribution in [-0.4, -0.2) is 45.2 Å². The van der Waals surface area contributed by atoms with E-state index >= 15 is 0 Å². The summed E-state index contributed by atoms with van der Waals surface area (Å²) in [4.78, 5) is 4.80. The maximum atomic E-state index is 3.72. The molecule has 1 aromatic carbocycles. The van der Waals surface area contributed by atoms with Gasteiger partial charge in [0.1, 0.15) is 0 Å². The van der Waals surface area contributed by atoms with Gasteiger partial charge in [-0.3, -0.25) is 0 Å². The Morgan fingerprint density at radius 3 is 2.85 bits per heavy atom. The lowest BCUT2D eigenvalue weighted by Crippen LogP contribution is -2.27. The van der Waals surface area contributed by atoms with Crippen molar-refractivity contribution in [3.63, 3.8) is 0 Å². The fourth-order valence-electron chi connectivity index (χ4n) is 2.90. The lowest BCUT2D eigenvalue weighted by atomic mass is 10.1. The fourth-order valence-corrected chi connectivity index (χ4v) is 3.63. The minimum atomic E-state index is 0.790. The first kappa shape index (κ1) is 15.8. The van der Waals surface area contributed by atoms with Crippen molar-refractivity contribution < 1.29 is 0 Å². The van der Waals surface area contributed by atoms with Crippen LogP contribution in [0.2, 0.25) is 0 Å². The number of hydrogen-bond donors (Lipinski definition) is 1. The molecule has 1 fully saturated rings. The van der Waals surface area contributed by atoms with Gasteiger partial charge < -0.3 is 15.1 Å². The van der Waals surface area contributed by atoms with Gasteiger partial charge in [-0.25, -0.2) is 0 Å². The molecule has 0 amide bonds. The van der Waals surface area contributed by atoms with Gasteiger partial charge in [0.15, 0.2) is 0 Å². The summed E-state index contributed by atoms with van der Waals surface area (Å²) in [6.45, 7) is 7.67. The average molecular weight is 340 g/mol. The third-order valence-corrected chi connectivity index (χ3v) is 4.66. The van der Waals surface area contributed by atoms with E-state index in [1.54, 1.807) is 0 Å².